The Hall–Kier alpha value is -1.17. The highest BCUT2D eigenvalue weighted by atomic mass is 35.5. The van der Waals surface area contributed by atoms with Gasteiger partial charge in [0.15, 0.2) is 5.13 Å². The molecule has 0 atom stereocenters. The van der Waals surface area contributed by atoms with Crippen LogP contribution in [0.1, 0.15) is 33.8 Å². The van der Waals surface area contributed by atoms with Crippen LogP contribution >= 0.6 is 34.5 Å². The van der Waals surface area contributed by atoms with Gasteiger partial charge in [-0.2, -0.15) is 0 Å². The minimum absolute atomic E-state index is 0.188. The van der Waals surface area contributed by atoms with E-state index in [9.17, 15) is 4.79 Å². The maximum absolute atomic E-state index is 12.1. The first-order valence-electron chi connectivity index (χ1n) is 6.24. The first kappa shape index (κ1) is 13.8. The molecule has 20 heavy (non-hydrogen) atoms. The van der Waals surface area contributed by atoms with Crippen molar-refractivity contribution in [2.24, 2.45) is 0 Å². The van der Waals surface area contributed by atoms with Gasteiger partial charge in [0.05, 0.1) is 16.3 Å². The van der Waals surface area contributed by atoms with Crippen LogP contribution in [0.2, 0.25) is 10.2 Å². The minimum Gasteiger partial charge on any atom is -0.298 e. The Morgan fingerprint density at radius 2 is 2.10 bits per heavy atom. The lowest BCUT2D eigenvalue weighted by Gasteiger charge is -2.06. The molecule has 0 saturated carbocycles. The van der Waals surface area contributed by atoms with E-state index in [-0.39, 0.29) is 16.1 Å². The highest BCUT2D eigenvalue weighted by molar-refractivity contribution is 7.15. The molecular formula is C13H11Cl2N3OS. The number of thiazole rings is 1. The predicted octanol–water partition coefficient (Wildman–Crippen LogP) is 3.98. The molecule has 2 aromatic heterocycles. The third-order valence-electron chi connectivity index (χ3n) is 3.12. The van der Waals surface area contributed by atoms with Crippen molar-refractivity contribution in [1.82, 2.24) is 9.97 Å². The number of pyridine rings is 1. The standard InChI is InChI=1S/C13H11Cl2N3OS/c14-8-5-7(6-16-11(8)15)12(19)18-13-17-9-3-1-2-4-10(9)20-13/h5-6H,1-4H2,(H,17,18,19). The zero-order chi connectivity index (χ0) is 14.1. The number of nitrogens with one attached hydrogen (secondary N) is 1. The number of amides is 1. The summed E-state index contributed by atoms with van der Waals surface area (Å²) in [5, 5.41) is 3.87. The maximum Gasteiger partial charge on any atom is 0.259 e. The summed E-state index contributed by atoms with van der Waals surface area (Å²) < 4.78 is 0. The number of rotatable bonds is 2. The second-order valence-corrected chi connectivity index (χ2v) is 6.40. The second-order valence-electron chi connectivity index (χ2n) is 4.55. The van der Waals surface area contributed by atoms with E-state index < -0.39 is 0 Å². The van der Waals surface area contributed by atoms with E-state index >= 15 is 0 Å². The second kappa shape index (κ2) is 5.68. The van der Waals surface area contributed by atoms with Gasteiger partial charge in [0.25, 0.3) is 5.91 Å². The van der Waals surface area contributed by atoms with Crippen LogP contribution in [0.4, 0.5) is 5.13 Å². The fraction of sp³-hybridized carbons (Fsp3) is 0.308. The van der Waals surface area contributed by atoms with Crippen molar-refractivity contribution in [3.05, 3.63) is 38.6 Å². The number of anilines is 1. The number of hydrogen-bond acceptors (Lipinski definition) is 4. The Labute approximate surface area is 130 Å². The van der Waals surface area contributed by atoms with Crippen molar-refractivity contribution in [2.75, 3.05) is 5.32 Å². The number of carbonyl (C=O) groups is 1. The van der Waals surface area contributed by atoms with E-state index in [2.05, 4.69) is 15.3 Å². The molecular weight excluding hydrogens is 317 g/mol. The molecule has 0 unspecified atom stereocenters. The lowest BCUT2D eigenvalue weighted by atomic mass is 10.0. The molecule has 1 aliphatic rings. The molecule has 1 aliphatic carbocycles. The highest BCUT2D eigenvalue weighted by Crippen LogP contribution is 2.30. The van der Waals surface area contributed by atoms with Crippen molar-refractivity contribution < 1.29 is 4.79 Å². The average Bonchev–Trinajstić information content (AvgIpc) is 2.83. The van der Waals surface area contributed by atoms with Gasteiger partial charge in [-0.25, -0.2) is 9.97 Å². The third kappa shape index (κ3) is 2.80. The van der Waals surface area contributed by atoms with Gasteiger partial charge in [0.2, 0.25) is 0 Å². The van der Waals surface area contributed by atoms with Gasteiger partial charge in [-0.05, 0) is 31.7 Å². The zero-order valence-corrected chi connectivity index (χ0v) is 12.8. The molecule has 7 heteroatoms. The molecule has 0 fully saturated rings. The average molecular weight is 328 g/mol. The Balaban J connectivity index is 1.78. The van der Waals surface area contributed by atoms with E-state index in [1.807, 2.05) is 0 Å². The van der Waals surface area contributed by atoms with E-state index in [4.69, 9.17) is 23.2 Å². The molecule has 1 amide bonds. The fourth-order valence-electron chi connectivity index (χ4n) is 2.12. The molecule has 1 N–H and O–H groups in total. The smallest absolute Gasteiger partial charge is 0.259 e. The normalized spacial score (nSPS) is 13.9. The summed E-state index contributed by atoms with van der Waals surface area (Å²) in [6, 6.07) is 1.50. The summed E-state index contributed by atoms with van der Waals surface area (Å²) in [4.78, 5) is 21.7. The lowest BCUT2D eigenvalue weighted by Crippen LogP contribution is -2.12. The van der Waals surface area contributed by atoms with Gasteiger partial charge in [-0.15, -0.1) is 11.3 Å². The van der Waals surface area contributed by atoms with E-state index in [0.717, 1.165) is 18.5 Å². The number of nitrogens with zero attached hydrogens (tertiary/aromatic N) is 2. The number of aromatic nitrogens is 2. The molecule has 3 rings (SSSR count). The molecule has 104 valence electrons. The topological polar surface area (TPSA) is 54.9 Å². The Morgan fingerprint density at radius 3 is 2.85 bits per heavy atom. The van der Waals surface area contributed by atoms with Crippen LogP contribution in [-0.2, 0) is 12.8 Å². The molecule has 2 heterocycles. The predicted molar refractivity (Wildman–Crippen MR) is 81.0 cm³/mol. The van der Waals surface area contributed by atoms with Crippen LogP contribution in [-0.4, -0.2) is 15.9 Å². The van der Waals surface area contributed by atoms with Gasteiger partial charge in [0, 0.05) is 11.1 Å². The van der Waals surface area contributed by atoms with Crippen LogP contribution in [0.15, 0.2) is 12.3 Å². The molecule has 0 aliphatic heterocycles. The van der Waals surface area contributed by atoms with Crippen molar-refractivity contribution in [1.29, 1.82) is 0 Å². The maximum atomic E-state index is 12.1. The van der Waals surface area contributed by atoms with Gasteiger partial charge >= 0.3 is 0 Å². The van der Waals surface area contributed by atoms with Crippen molar-refractivity contribution in [3.8, 4) is 0 Å². The van der Waals surface area contributed by atoms with Crippen LogP contribution < -0.4 is 5.32 Å². The van der Waals surface area contributed by atoms with Gasteiger partial charge < -0.3 is 0 Å². The number of fused-ring (bicyclic) bond motifs is 1. The molecule has 0 aromatic carbocycles. The zero-order valence-electron chi connectivity index (χ0n) is 10.4. The van der Waals surface area contributed by atoms with Crippen molar-refractivity contribution in [2.45, 2.75) is 25.7 Å². The van der Waals surface area contributed by atoms with Crippen LogP contribution in [0.25, 0.3) is 0 Å². The number of carbonyl (C=O) groups excluding carboxylic acids is 1. The number of halogens is 2. The number of hydrogen-bond donors (Lipinski definition) is 1. The molecule has 0 saturated heterocycles. The summed E-state index contributed by atoms with van der Waals surface area (Å²) in [6.07, 6.45) is 5.81. The lowest BCUT2D eigenvalue weighted by molar-refractivity contribution is 0.102. The van der Waals surface area contributed by atoms with E-state index in [1.165, 1.54) is 30.0 Å². The first-order chi connectivity index (χ1) is 9.63. The summed E-state index contributed by atoms with van der Waals surface area (Å²) in [5.74, 6) is -0.276. The molecule has 0 spiro atoms. The van der Waals surface area contributed by atoms with Crippen LogP contribution in [0, 0.1) is 0 Å². The van der Waals surface area contributed by atoms with Gasteiger partial charge in [0.1, 0.15) is 5.15 Å². The largest absolute Gasteiger partial charge is 0.298 e. The first-order valence-corrected chi connectivity index (χ1v) is 7.81. The van der Waals surface area contributed by atoms with Crippen LogP contribution in [0.5, 0.6) is 0 Å². The van der Waals surface area contributed by atoms with E-state index in [0.29, 0.717) is 10.7 Å². The summed E-state index contributed by atoms with van der Waals surface area (Å²) >= 11 is 13.1. The Bertz CT molecular complexity index is 648. The molecule has 4 nitrogen and oxygen atoms in total. The van der Waals surface area contributed by atoms with Gasteiger partial charge in [-0.1, -0.05) is 23.2 Å². The minimum atomic E-state index is -0.276. The SMILES string of the molecule is O=C(Nc1nc2c(s1)CCCC2)c1cnc(Cl)c(Cl)c1. The monoisotopic (exact) mass is 327 g/mol. The molecule has 0 bridgehead atoms. The van der Waals surface area contributed by atoms with Crippen molar-refractivity contribution >= 4 is 45.6 Å². The fourth-order valence-corrected chi connectivity index (χ4v) is 3.43. The third-order valence-corrected chi connectivity index (χ3v) is 4.88. The summed E-state index contributed by atoms with van der Waals surface area (Å²) in [5.41, 5.74) is 1.48. The summed E-state index contributed by atoms with van der Waals surface area (Å²) in [6.45, 7) is 0. The number of aryl methyl sites for hydroxylation is 2. The van der Waals surface area contributed by atoms with E-state index in [1.54, 1.807) is 11.3 Å². The van der Waals surface area contributed by atoms with Crippen molar-refractivity contribution in [3.63, 3.8) is 0 Å². The van der Waals surface area contributed by atoms with Gasteiger partial charge in [-0.3, -0.25) is 10.1 Å². The highest BCUT2D eigenvalue weighted by Gasteiger charge is 2.17. The Morgan fingerprint density at radius 1 is 1.30 bits per heavy atom. The molecule has 0 radical (unpaired) electrons. The van der Waals surface area contributed by atoms with Crippen LogP contribution in [0.3, 0.4) is 0 Å². The molecule has 2 aromatic rings. The summed E-state index contributed by atoms with van der Waals surface area (Å²) in [7, 11) is 0. The quantitative estimate of drug-likeness (QED) is 0.849. The Kier molecular flexibility index (Phi) is 3.92.